The van der Waals surface area contributed by atoms with Crippen molar-refractivity contribution >= 4 is 16.0 Å². The Balaban J connectivity index is 2.63. The standard InChI is InChI=1S/C12H19NO6S/c1-8(2)7-18-5-4-13-20(16,17)11-6-10(12(14)15)19-9(11)3/h6,8,13H,4-5,7H2,1-3H3,(H,14,15). The van der Waals surface area contributed by atoms with E-state index in [1.165, 1.54) is 6.92 Å². The minimum Gasteiger partial charge on any atom is -0.475 e. The van der Waals surface area contributed by atoms with Crippen LogP contribution in [-0.2, 0) is 14.8 Å². The van der Waals surface area contributed by atoms with E-state index in [0.29, 0.717) is 12.5 Å². The van der Waals surface area contributed by atoms with E-state index in [9.17, 15) is 13.2 Å². The lowest BCUT2D eigenvalue weighted by Gasteiger charge is -2.08. The Hall–Kier alpha value is -1.38. The summed E-state index contributed by atoms with van der Waals surface area (Å²) in [5, 5.41) is 8.76. The fourth-order valence-electron chi connectivity index (χ4n) is 1.48. The van der Waals surface area contributed by atoms with Crippen LogP contribution in [0.4, 0.5) is 0 Å². The maximum absolute atomic E-state index is 12.0. The van der Waals surface area contributed by atoms with Gasteiger partial charge in [0.1, 0.15) is 10.7 Å². The lowest BCUT2D eigenvalue weighted by molar-refractivity contribution is 0.0661. The highest BCUT2D eigenvalue weighted by Gasteiger charge is 2.23. The molecule has 0 amide bonds. The topological polar surface area (TPSA) is 106 Å². The van der Waals surface area contributed by atoms with Gasteiger partial charge in [-0.25, -0.2) is 17.9 Å². The predicted molar refractivity (Wildman–Crippen MR) is 71.2 cm³/mol. The first-order chi connectivity index (χ1) is 9.24. The molecule has 0 unspecified atom stereocenters. The Morgan fingerprint density at radius 3 is 2.65 bits per heavy atom. The van der Waals surface area contributed by atoms with Gasteiger partial charge in [-0.2, -0.15) is 0 Å². The predicted octanol–water partition coefficient (Wildman–Crippen LogP) is 1.24. The van der Waals surface area contributed by atoms with Gasteiger partial charge in [-0.3, -0.25) is 0 Å². The molecule has 0 fully saturated rings. The number of hydrogen-bond acceptors (Lipinski definition) is 5. The second-order valence-electron chi connectivity index (χ2n) is 4.70. The minimum absolute atomic E-state index is 0.0398. The summed E-state index contributed by atoms with van der Waals surface area (Å²) < 4.78 is 36.4. The number of furan rings is 1. The second-order valence-corrected chi connectivity index (χ2v) is 6.44. The van der Waals surface area contributed by atoms with Gasteiger partial charge >= 0.3 is 5.97 Å². The van der Waals surface area contributed by atoms with Crippen LogP contribution in [-0.4, -0.2) is 39.3 Å². The molecule has 0 bridgehead atoms. The van der Waals surface area contributed by atoms with Crippen LogP contribution in [0.1, 0.15) is 30.2 Å². The first-order valence-corrected chi connectivity index (χ1v) is 7.63. The SMILES string of the molecule is Cc1oc(C(=O)O)cc1S(=O)(=O)NCCOCC(C)C. The molecule has 8 heteroatoms. The summed E-state index contributed by atoms with van der Waals surface area (Å²) in [4.78, 5) is 10.6. The highest BCUT2D eigenvalue weighted by Crippen LogP contribution is 2.19. The number of hydrogen-bond donors (Lipinski definition) is 2. The number of carboxylic acid groups (broad SMARTS) is 1. The van der Waals surface area contributed by atoms with E-state index in [4.69, 9.17) is 14.3 Å². The zero-order chi connectivity index (χ0) is 15.3. The molecule has 0 atom stereocenters. The Morgan fingerprint density at radius 2 is 2.15 bits per heavy atom. The van der Waals surface area contributed by atoms with Gasteiger partial charge < -0.3 is 14.3 Å². The molecule has 0 spiro atoms. The minimum atomic E-state index is -3.79. The fraction of sp³-hybridized carbons (Fsp3) is 0.583. The highest BCUT2D eigenvalue weighted by atomic mass is 32.2. The number of aromatic carboxylic acids is 1. The van der Waals surface area contributed by atoms with E-state index in [-0.39, 0.29) is 23.8 Å². The maximum Gasteiger partial charge on any atom is 0.371 e. The average molecular weight is 305 g/mol. The van der Waals surface area contributed by atoms with E-state index in [0.717, 1.165) is 6.07 Å². The molecular formula is C12H19NO6S. The Kier molecular flexibility index (Phi) is 5.73. The van der Waals surface area contributed by atoms with Crippen LogP contribution in [0.25, 0.3) is 0 Å². The molecule has 0 aliphatic heterocycles. The maximum atomic E-state index is 12.0. The van der Waals surface area contributed by atoms with Gasteiger partial charge in [0.15, 0.2) is 0 Å². The lowest BCUT2D eigenvalue weighted by Crippen LogP contribution is -2.28. The van der Waals surface area contributed by atoms with Crippen molar-refractivity contribution in [1.82, 2.24) is 4.72 Å². The van der Waals surface area contributed by atoms with Gasteiger partial charge in [-0.1, -0.05) is 13.8 Å². The third kappa shape index (κ3) is 4.62. The number of carbonyl (C=O) groups is 1. The van der Waals surface area contributed by atoms with Crippen LogP contribution in [0.3, 0.4) is 0 Å². The zero-order valence-electron chi connectivity index (χ0n) is 11.7. The molecule has 114 valence electrons. The molecule has 7 nitrogen and oxygen atoms in total. The molecule has 1 aromatic rings. The molecule has 0 aliphatic rings. The molecule has 2 N–H and O–H groups in total. The summed E-state index contributed by atoms with van der Waals surface area (Å²) in [6.07, 6.45) is 0. The van der Waals surface area contributed by atoms with Gasteiger partial charge in [0.25, 0.3) is 0 Å². The van der Waals surface area contributed by atoms with E-state index in [2.05, 4.69) is 4.72 Å². The van der Waals surface area contributed by atoms with Crippen molar-refractivity contribution in [1.29, 1.82) is 0 Å². The number of aryl methyl sites for hydroxylation is 1. The average Bonchev–Trinajstić information content (AvgIpc) is 2.71. The van der Waals surface area contributed by atoms with Crippen LogP contribution in [0.2, 0.25) is 0 Å². The summed E-state index contributed by atoms with van der Waals surface area (Å²) >= 11 is 0. The van der Waals surface area contributed by atoms with Crippen molar-refractivity contribution < 1.29 is 27.5 Å². The number of nitrogens with one attached hydrogen (secondary N) is 1. The van der Waals surface area contributed by atoms with Crippen LogP contribution >= 0.6 is 0 Å². The number of rotatable bonds is 8. The van der Waals surface area contributed by atoms with Crippen molar-refractivity contribution in [3.05, 3.63) is 17.6 Å². The molecule has 20 heavy (non-hydrogen) atoms. The Labute approximate surface area is 118 Å². The van der Waals surface area contributed by atoms with Gasteiger partial charge in [0, 0.05) is 19.2 Å². The molecule has 0 saturated heterocycles. The van der Waals surface area contributed by atoms with Crippen molar-refractivity contribution in [3.63, 3.8) is 0 Å². The van der Waals surface area contributed by atoms with Crippen LogP contribution in [0, 0.1) is 12.8 Å². The first kappa shape index (κ1) is 16.7. The largest absolute Gasteiger partial charge is 0.475 e. The van der Waals surface area contributed by atoms with Gasteiger partial charge in [-0.15, -0.1) is 0 Å². The van der Waals surface area contributed by atoms with Crippen molar-refractivity contribution in [2.24, 2.45) is 5.92 Å². The highest BCUT2D eigenvalue weighted by molar-refractivity contribution is 7.89. The monoisotopic (exact) mass is 305 g/mol. The summed E-state index contributed by atoms with van der Waals surface area (Å²) in [6.45, 7) is 6.30. The first-order valence-electron chi connectivity index (χ1n) is 6.15. The van der Waals surface area contributed by atoms with Crippen molar-refractivity contribution in [2.45, 2.75) is 25.7 Å². The molecule has 0 radical (unpaired) electrons. The van der Waals surface area contributed by atoms with Crippen LogP contribution in [0.15, 0.2) is 15.4 Å². The second kappa shape index (κ2) is 6.87. The molecule has 1 heterocycles. The van der Waals surface area contributed by atoms with E-state index >= 15 is 0 Å². The molecule has 1 aromatic heterocycles. The molecule has 0 aromatic carbocycles. The third-order valence-electron chi connectivity index (χ3n) is 2.36. The van der Waals surface area contributed by atoms with Gasteiger partial charge in [-0.05, 0) is 12.8 Å². The third-order valence-corrected chi connectivity index (χ3v) is 3.93. The normalized spacial score (nSPS) is 12.0. The van der Waals surface area contributed by atoms with Crippen LogP contribution < -0.4 is 4.72 Å². The molecule has 0 saturated carbocycles. The smallest absolute Gasteiger partial charge is 0.371 e. The zero-order valence-corrected chi connectivity index (χ0v) is 12.5. The van der Waals surface area contributed by atoms with E-state index in [1.54, 1.807) is 0 Å². The van der Waals surface area contributed by atoms with Crippen molar-refractivity contribution in [2.75, 3.05) is 19.8 Å². The van der Waals surface area contributed by atoms with Gasteiger partial charge in [0.05, 0.1) is 6.61 Å². The quantitative estimate of drug-likeness (QED) is 0.700. The van der Waals surface area contributed by atoms with Crippen LogP contribution in [0.5, 0.6) is 0 Å². The Morgan fingerprint density at radius 1 is 1.50 bits per heavy atom. The summed E-state index contributed by atoms with van der Waals surface area (Å²) in [7, 11) is -3.79. The van der Waals surface area contributed by atoms with Crippen molar-refractivity contribution in [3.8, 4) is 0 Å². The molecule has 0 aliphatic carbocycles. The number of ether oxygens (including phenoxy) is 1. The summed E-state index contributed by atoms with van der Waals surface area (Å²) in [5.74, 6) is -1.30. The number of carboxylic acids is 1. The fourth-order valence-corrected chi connectivity index (χ4v) is 2.67. The lowest BCUT2D eigenvalue weighted by atomic mass is 10.2. The molecular weight excluding hydrogens is 286 g/mol. The molecule has 1 rings (SSSR count). The van der Waals surface area contributed by atoms with E-state index < -0.39 is 21.8 Å². The summed E-state index contributed by atoms with van der Waals surface area (Å²) in [6, 6.07) is 0.995. The van der Waals surface area contributed by atoms with E-state index in [1.807, 2.05) is 13.8 Å². The Bertz CT molecular complexity index is 561. The van der Waals surface area contributed by atoms with Gasteiger partial charge in [0.2, 0.25) is 15.8 Å². The summed E-state index contributed by atoms with van der Waals surface area (Å²) in [5.41, 5.74) is 0. The number of sulfonamides is 1.